The zero-order valence-corrected chi connectivity index (χ0v) is 8.41. The molecule has 0 aliphatic rings. The molecule has 0 saturated carbocycles. The maximum atomic E-state index is 12.6. The standard InChI is InChI=1S/C10H10F3NO2/c1-16-7-5-3-2-4-6(7)10(15)14-9(13)8(11)12/h2-5,8-9H,1H3,(H,14,15). The molecular weight excluding hydrogens is 223 g/mol. The Kier molecular flexibility index (Phi) is 4.16. The summed E-state index contributed by atoms with van der Waals surface area (Å²) in [5.74, 6) is -0.744. The lowest BCUT2D eigenvalue weighted by molar-refractivity contribution is 0.0286. The van der Waals surface area contributed by atoms with E-state index >= 15 is 0 Å². The van der Waals surface area contributed by atoms with Gasteiger partial charge in [0.2, 0.25) is 6.30 Å². The van der Waals surface area contributed by atoms with Gasteiger partial charge in [0, 0.05) is 0 Å². The summed E-state index contributed by atoms with van der Waals surface area (Å²) >= 11 is 0. The van der Waals surface area contributed by atoms with E-state index in [0.717, 1.165) is 0 Å². The average molecular weight is 233 g/mol. The third-order valence-electron chi connectivity index (χ3n) is 1.84. The Morgan fingerprint density at radius 3 is 2.50 bits per heavy atom. The van der Waals surface area contributed by atoms with Gasteiger partial charge in [-0.15, -0.1) is 0 Å². The van der Waals surface area contributed by atoms with Gasteiger partial charge in [0.1, 0.15) is 5.75 Å². The Bertz CT molecular complexity index is 371. The highest BCUT2D eigenvalue weighted by Gasteiger charge is 2.23. The third-order valence-corrected chi connectivity index (χ3v) is 1.84. The Hall–Kier alpha value is -1.72. The second kappa shape index (κ2) is 5.39. The summed E-state index contributed by atoms with van der Waals surface area (Å²) < 4.78 is 41.1. The highest BCUT2D eigenvalue weighted by atomic mass is 19.3. The fraction of sp³-hybridized carbons (Fsp3) is 0.300. The molecule has 0 heterocycles. The van der Waals surface area contributed by atoms with Crippen LogP contribution in [0.5, 0.6) is 5.75 Å². The minimum Gasteiger partial charge on any atom is -0.496 e. The number of rotatable bonds is 4. The van der Waals surface area contributed by atoms with Crippen LogP contribution in [0.15, 0.2) is 24.3 Å². The molecule has 1 aromatic carbocycles. The van der Waals surface area contributed by atoms with Crippen LogP contribution in [0.3, 0.4) is 0 Å². The molecule has 0 bridgehead atoms. The average Bonchev–Trinajstić information content (AvgIpc) is 2.28. The second-order valence-corrected chi connectivity index (χ2v) is 2.91. The molecule has 0 radical (unpaired) electrons. The number of para-hydroxylation sites is 1. The molecule has 16 heavy (non-hydrogen) atoms. The monoisotopic (exact) mass is 233 g/mol. The van der Waals surface area contributed by atoms with E-state index in [0.29, 0.717) is 0 Å². The first kappa shape index (κ1) is 12.4. The zero-order valence-electron chi connectivity index (χ0n) is 8.41. The predicted octanol–water partition coefficient (Wildman–Crippen LogP) is 1.99. The molecule has 88 valence electrons. The quantitative estimate of drug-likeness (QED) is 0.807. The van der Waals surface area contributed by atoms with Gasteiger partial charge in [-0.2, -0.15) is 0 Å². The topological polar surface area (TPSA) is 38.3 Å². The van der Waals surface area contributed by atoms with Crippen LogP contribution in [0.2, 0.25) is 0 Å². The molecule has 0 aliphatic carbocycles. The number of ether oxygens (including phenoxy) is 1. The maximum Gasteiger partial charge on any atom is 0.287 e. The van der Waals surface area contributed by atoms with Crippen molar-refractivity contribution in [1.82, 2.24) is 5.32 Å². The van der Waals surface area contributed by atoms with Gasteiger partial charge in [-0.05, 0) is 12.1 Å². The van der Waals surface area contributed by atoms with E-state index in [4.69, 9.17) is 4.74 Å². The summed E-state index contributed by atoms with van der Waals surface area (Å²) in [5, 5.41) is 1.53. The normalized spacial score (nSPS) is 12.3. The number of halogens is 3. The first-order valence-electron chi connectivity index (χ1n) is 4.42. The summed E-state index contributed by atoms with van der Waals surface area (Å²) in [6.45, 7) is 0. The van der Waals surface area contributed by atoms with E-state index in [-0.39, 0.29) is 11.3 Å². The van der Waals surface area contributed by atoms with Crippen LogP contribution in [-0.2, 0) is 0 Å². The van der Waals surface area contributed by atoms with Gasteiger partial charge in [-0.25, -0.2) is 13.2 Å². The van der Waals surface area contributed by atoms with Gasteiger partial charge >= 0.3 is 0 Å². The number of methoxy groups -OCH3 is 1. The van der Waals surface area contributed by atoms with E-state index in [2.05, 4.69) is 0 Å². The summed E-state index contributed by atoms with van der Waals surface area (Å²) in [7, 11) is 1.33. The first-order valence-corrected chi connectivity index (χ1v) is 4.42. The lowest BCUT2D eigenvalue weighted by Gasteiger charge is -2.11. The molecule has 3 nitrogen and oxygen atoms in total. The van der Waals surface area contributed by atoms with Crippen molar-refractivity contribution in [2.24, 2.45) is 0 Å². The number of hydrogen-bond acceptors (Lipinski definition) is 2. The first-order chi connectivity index (χ1) is 7.56. The molecule has 1 amide bonds. The van der Waals surface area contributed by atoms with Gasteiger partial charge in [-0.3, -0.25) is 4.79 Å². The van der Waals surface area contributed by atoms with Crippen LogP contribution in [0, 0.1) is 0 Å². The van der Waals surface area contributed by atoms with Crippen molar-refractivity contribution in [1.29, 1.82) is 0 Å². The van der Waals surface area contributed by atoms with Crippen LogP contribution < -0.4 is 10.1 Å². The molecule has 0 fully saturated rings. The number of nitrogens with one attached hydrogen (secondary N) is 1. The van der Waals surface area contributed by atoms with Crippen molar-refractivity contribution < 1.29 is 22.7 Å². The molecule has 0 aliphatic heterocycles. The van der Waals surface area contributed by atoms with Gasteiger partial charge in [0.15, 0.2) is 0 Å². The molecule has 1 N–H and O–H groups in total. The van der Waals surface area contributed by atoms with Gasteiger partial charge < -0.3 is 10.1 Å². The van der Waals surface area contributed by atoms with Crippen molar-refractivity contribution in [2.75, 3.05) is 7.11 Å². The number of hydrogen-bond donors (Lipinski definition) is 1. The van der Waals surface area contributed by atoms with E-state index in [1.807, 2.05) is 0 Å². The number of amides is 1. The van der Waals surface area contributed by atoms with Crippen LogP contribution in [0.4, 0.5) is 13.2 Å². The molecule has 1 atom stereocenters. The Balaban J connectivity index is 2.80. The van der Waals surface area contributed by atoms with Crippen LogP contribution >= 0.6 is 0 Å². The van der Waals surface area contributed by atoms with Crippen LogP contribution in [-0.4, -0.2) is 25.7 Å². The second-order valence-electron chi connectivity index (χ2n) is 2.91. The van der Waals surface area contributed by atoms with Gasteiger partial charge in [0.05, 0.1) is 12.7 Å². The summed E-state index contributed by atoms with van der Waals surface area (Å²) in [6.07, 6.45) is -5.93. The van der Waals surface area contributed by atoms with E-state index in [1.165, 1.54) is 30.6 Å². The lowest BCUT2D eigenvalue weighted by Crippen LogP contribution is -2.36. The molecule has 1 aromatic rings. The summed E-state index contributed by atoms with van der Waals surface area (Å²) in [5.41, 5.74) is 0.00769. The zero-order chi connectivity index (χ0) is 12.1. The molecule has 6 heteroatoms. The molecule has 0 saturated heterocycles. The highest BCUT2D eigenvalue weighted by molar-refractivity contribution is 5.97. The predicted molar refractivity (Wildman–Crippen MR) is 51.4 cm³/mol. The number of benzene rings is 1. The van der Waals surface area contributed by atoms with Gasteiger partial charge in [0.25, 0.3) is 12.3 Å². The number of alkyl halides is 3. The molecule has 1 unspecified atom stereocenters. The Morgan fingerprint density at radius 1 is 1.31 bits per heavy atom. The summed E-state index contributed by atoms with van der Waals surface area (Å²) in [6, 6.07) is 5.96. The largest absolute Gasteiger partial charge is 0.496 e. The SMILES string of the molecule is COc1ccccc1C(=O)NC(F)C(F)F. The minimum absolute atomic E-state index is 0.00769. The van der Waals surface area contributed by atoms with Crippen LogP contribution in [0.25, 0.3) is 0 Å². The Labute approximate surface area is 90.2 Å². The van der Waals surface area contributed by atoms with Crippen molar-refractivity contribution in [3.05, 3.63) is 29.8 Å². The van der Waals surface area contributed by atoms with Crippen LogP contribution in [0.1, 0.15) is 10.4 Å². The number of carbonyl (C=O) groups excluding carboxylic acids is 1. The van der Waals surface area contributed by atoms with E-state index < -0.39 is 18.6 Å². The molecule has 0 spiro atoms. The smallest absolute Gasteiger partial charge is 0.287 e. The van der Waals surface area contributed by atoms with Crippen molar-refractivity contribution in [2.45, 2.75) is 12.7 Å². The fourth-order valence-corrected chi connectivity index (χ4v) is 1.10. The molecular formula is C10H10F3NO2. The maximum absolute atomic E-state index is 12.6. The lowest BCUT2D eigenvalue weighted by atomic mass is 10.2. The van der Waals surface area contributed by atoms with Crippen molar-refractivity contribution in [3.63, 3.8) is 0 Å². The summed E-state index contributed by atoms with van der Waals surface area (Å²) in [4.78, 5) is 11.4. The molecule has 0 aromatic heterocycles. The third kappa shape index (κ3) is 2.88. The highest BCUT2D eigenvalue weighted by Crippen LogP contribution is 2.17. The van der Waals surface area contributed by atoms with E-state index in [9.17, 15) is 18.0 Å². The number of carbonyl (C=O) groups is 1. The van der Waals surface area contributed by atoms with Gasteiger partial charge in [-0.1, -0.05) is 12.1 Å². The minimum atomic E-state index is -3.25. The van der Waals surface area contributed by atoms with Crippen molar-refractivity contribution in [3.8, 4) is 5.75 Å². The Morgan fingerprint density at radius 2 is 1.94 bits per heavy atom. The molecule has 1 rings (SSSR count). The fourth-order valence-electron chi connectivity index (χ4n) is 1.10. The van der Waals surface area contributed by atoms with Crippen molar-refractivity contribution >= 4 is 5.91 Å². The van der Waals surface area contributed by atoms with E-state index in [1.54, 1.807) is 6.07 Å².